The van der Waals surface area contributed by atoms with Crippen LogP contribution in [0, 0.1) is 13.8 Å². The zero-order valence-corrected chi connectivity index (χ0v) is 14.4. The number of aryl methyl sites for hydroxylation is 1. The third kappa shape index (κ3) is 3.25. The summed E-state index contributed by atoms with van der Waals surface area (Å²) >= 11 is 0. The number of pyridine rings is 1. The minimum atomic E-state index is -4.51. The van der Waals surface area contributed by atoms with Crippen LogP contribution in [0.4, 0.5) is 18.9 Å². The van der Waals surface area contributed by atoms with Crippen LogP contribution in [0.3, 0.4) is 0 Å². The number of rotatable bonds is 3. The number of aromatic nitrogens is 3. The van der Waals surface area contributed by atoms with Crippen molar-refractivity contribution < 1.29 is 23.1 Å². The molecule has 3 aromatic rings. The first-order chi connectivity index (χ1) is 12.5. The molecule has 2 aromatic heterocycles. The Morgan fingerprint density at radius 3 is 2.56 bits per heavy atom. The Morgan fingerprint density at radius 1 is 1.30 bits per heavy atom. The predicted molar refractivity (Wildman–Crippen MR) is 92.3 cm³/mol. The number of halogens is 3. The van der Waals surface area contributed by atoms with Gasteiger partial charge in [-0.3, -0.25) is 4.79 Å². The molecule has 0 bridgehead atoms. The number of carbonyl (C=O) groups excluding carboxylic acids is 1. The van der Waals surface area contributed by atoms with Crippen molar-refractivity contribution in [1.29, 1.82) is 0 Å². The first-order valence-electron chi connectivity index (χ1n) is 7.83. The molecule has 2 heterocycles. The SMILES string of the molecule is Cc1ccc(O)c(C)c1-c1cn2nc(CC(F)(F)F)nc2c(C(N)=O)c1N. The molecule has 10 heteroatoms. The number of phenols is 1. The lowest BCUT2D eigenvalue weighted by Gasteiger charge is -2.15. The highest BCUT2D eigenvalue weighted by Gasteiger charge is 2.31. The second-order valence-electron chi connectivity index (χ2n) is 6.19. The van der Waals surface area contributed by atoms with E-state index in [0.29, 0.717) is 16.7 Å². The Balaban J connectivity index is 2.35. The number of amides is 1. The number of aromatic hydroxyl groups is 1. The molecule has 1 amide bonds. The van der Waals surface area contributed by atoms with Gasteiger partial charge in [-0.1, -0.05) is 6.07 Å². The first kappa shape index (κ1) is 18.5. The number of phenolic OH excluding ortho intramolecular Hbond substituents is 1. The standard InChI is InChI=1S/C17H16F3N5O2/c1-7-3-4-10(26)8(2)12(7)9-6-25-16(13(14(9)21)15(22)27)23-11(24-25)5-17(18,19)20/h3-4,6,26H,5,21H2,1-2H3,(H2,22,27). The first-order valence-corrected chi connectivity index (χ1v) is 7.83. The number of benzene rings is 1. The highest BCUT2D eigenvalue weighted by atomic mass is 19.4. The van der Waals surface area contributed by atoms with E-state index in [1.54, 1.807) is 19.9 Å². The van der Waals surface area contributed by atoms with Gasteiger partial charge in [-0.25, -0.2) is 9.50 Å². The Kier molecular flexibility index (Phi) is 4.21. The topological polar surface area (TPSA) is 120 Å². The number of carbonyl (C=O) groups is 1. The van der Waals surface area contributed by atoms with Gasteiger partial charge in [-0.2, -0.15) is 18.3 Å². The molecular formula is C17H16F3N5O2. The van der Waals surface area contributed by atoms with Crippen LogP contribution >= 0.6 is 0 Å². The van der Waals surface area contributed by atoms with Crippen molar-refractivity contribution >= 4 is 17.2 Å². The summed E-state index contributed by atoms with van der Waals surface area (Å²) in [6.07, 6.45) is -4.49. The summed E-state index contributed by atoms with van der Waals surface area (Å²) in [5, 5.41) is 13.8. The Morgan fingerprint density at radius 2 is 1.96 bits per heavy atom. The summed E-state index contributed by atoms with van der Waals surface area (Å²) in [4.78, 5) is 15.7. The second kappa shape index (κ2) is 6.15. The quantitative estimate of drug-likeness (QED) is 0.646. The third-order valence-electron chi connectivity index (χ3n) is 4.23. The van der Waals surface area contributed by atoms with Gasteiger partial charge in [0.2, 0.25) is 0 Å². The van der Waals surface area contributed by atoms with Gasteiger partial charge < -0.3 is 16.6 Å². The van der Waals surface area contributed by atoms with E-state index in [1.807, 2.05) is 0 Å². The molecule has 27 heavy (non-hydrogen) atoms. The lowest BCUT2D eigenvalue weighted by Crippen LogP contribution is -2.16. The van der Waals surface area contributed by atoms with Crippen molar-refractivity contribution in [3.8, 4) is 16.9 Å². The molecule has 5 N–H and O–H groups in total. The largest absolute Gasteiger partial charge is 0.508 e. The number of hydrogen-bond acceptors (Lipinski definition) is 5. The Labute approximate surface area is 151 Å². The maximum Gasteiger partial charge on any atom is 0.396 e. The highest BCUT2D eigenvalue weighted by Crippen LogP contribution is 2.38. The zero-order chi connectivity index (χ0) is 20.1. The Hall–Kier alpha value is -3.30. The van der Waals surface area contributed by atoms with E-state index in [2.05, 4.69) is 10.1 Å². The van der Waals surface area contributed by atoms with E-state index >= 15 is 0 Å². The number of fused-ring (bicyclic) bond motifs is 1. The van der Waals surface area contributed by atoms with Gasteiger partial charge in [0.1, 0.15) is 17.7 Å². The average Bonchev–Trinajstić information content (AvgIpc) is 2.90. The number of hydrogen-bond donors (Lipinski definition) is 3. The number of alkyl halides is 3. The van der Waals surface area contributed by atoms with Gasteiger partial charge in [-0.05, 0) is 36.6 Å². The smallest absolute Gasteiger partial charge is 0.396 e. The van der Waals surface area contributed by atoms with Crippen LogP contribution in [0.1, 0.15) is 27.3 Å². The molecule has 3 rings (SSSR count). The highest BCUT2D eigenvalue weighted by molar-refractivity contribution is 6.07. The maximum atomic E-state index is 12.7. The summed E-state index contributed by atoms with van der Waals surface area (Å²) in [6.45, 7) is 3.42. The molecule has 142 valence electrons. The van der Waals surface area contributed by atoms with Crippen molar-refractivity contribution in [3.05, 3.63) is 40.8 Å². The van der Waals surface area contributed by atoms with Gasteiger partial charge in [-0.15, -0.1) is 0 Å². The molecule has 0 aliphatic heterocycles. The summed E-state index contributed by atoms with van der Waals surface area (Å²) in [7, 11) is 0. The molecule has 0 saturated heterocycles. The van der Waals surface area contributed by atoms with Crippen molar-refractivity contribution in [1.82, 2.24) is 14.6 Å². The van der Waals surface area contributed by atoms with Gasteiger partial charge in [0.25, 0.3) is 5.91 Å². The normalized spacial score (nSPS) is 11.9. The van der Waals surface area contributed by atoms with Gasteiger partial charge >= 0.3 is 6.18 Å². The van der Waals surface area contributed by atoms with Crippen molar-refractivity contribution in [2.24, 2.45) is 5.73 Å². The van der Waals surface area contributed by atoms with Crippen LogP contribution in [-0.2, 0) is 6.42 Å². The van der Waals surface area contributed by atoms with E-state index in [-0.39, 0.29) is 22.6 Å². The number of anilines is 1. The van der Waals surface area contributed by atoms with Crippen LogP contribution in [0.5, 0.6) is 5.75 Å². The number of nitrogens with two attached hydrogens (primary N) is 2. The lowest BCUT2D eigenvalue weighted by atomic mass is 9.93. The molecule has 0 fully saturated rings. The van der Waals surface area contributed by atoms with Gasteiger partial charge in [0.15, 0.2) is 11.5 Å². The van der Waals surface area contributed by atoms with E-state index < -0.39 is 24.3 Å². The minimum Gasteiger partial charge on any atom is -0.508 e. The Bertz CT molecular complexity index is 1070. The zero-order valence-electron chi connectivity index (χ0n) is 14.4. The molecule has 0 aliphatic carbocycles. The average molecular weight is 379 g/mol. The summed E-state index contributed by atoms with van der Waals surface area (Å²) in [5.41, 5.74) is 13.2. The fourth-order valence-electron chi connectivity index (χ4n) is 3.02. The van der Waals surface area contributed by atoms with E-state index in [9.17, 15) is 23.1 Å². The molecule has 7 nitrogen and oxygen atoms in total. The van der Waals surface area contributed by atoms with Crippen LogP contribution in [0.15, 0.2) is 18.3 Å². The molecule has 1 aromatic carbocycles. The predicted octanol–water partition coefficient (Wildman–Crippen LogP) is 2.50. The van der Waals surface area contributed by atoms with Gasteiger partial charge in [0.05, 0.1) is 5.69 Å². The molecular weight excluding hydrogens is 363 g/mol. The van der Waals surface area contributed by atoms with Gasteiger partial charge in [0, 0.05) is 11.8 Å². The molecule has 0 radical (unpaired) electrons. The van der Waals surface area contributed by atoms with Crippen LogP contribution in [0.2, 0.25) is 0 Å². The lowest BCUT2D eigenvalue weighted by molar-refractivity contribution is -0.128. The van der Waals surface area contributed by atoms with Crippen LogP contribution in [-0.4, -0.2) is 31.8 Å². The molecule has 0 atom stereocenters. The molecule has 0 unspecified atom stereocenters. The maximum absolute atomic E-state index is 12.7. The van der Waals surface area contributed by atoms with E-state index in [1.165, 1.54) is 12.3 Å². The monoisotopic (exact) mass is 379 g/mol. The second-order valence-corrected chi connectivity index (χ2v) is 6.19. The van der Waals surface area contributed by atoms with Crippen molar-refractivity contribution in [2.75, 3.05) is 5.73 Å². The summed E-state index contributed by atoms with van der Waals surface area (Å²) < 4.78 is 39.1. The number of nitrogen functional groups attached to an aromatic ring is 1. The summed E-state index contributed by atoms with van der Waals surface area (Å²) in [6, 6.07) is 3.16. The number of primary amides is 1. The fraction of sp³-hybridized carbons (Fsp3) is 0.235. The van der Waals surface area contributed by atoms with Crippen molar-refractivity contribution in [3.63, 3.8) is 0 Å². The molecule has 0 saturated carbocycles. The molecule has 0 spiro atoms. The van der Waals surface area contributed by atoms with Crippen LogP contribution in [0.25, 0.3) is 16.8 Å². The van der Waals surface area contributed by atoms with E-state index in [4.69, 9.17) is 11.5 Å². The third-order valence-corrected chi connectivity index (χ3v) is 4.23. The fourth-order valence-corrected chi connectivity index (χ4v) is 3.02. The van der Waals surface area contributed by atoms with Crippen LogP contribution < -0.4 is 11.5 Å². The van der Waals surface area contributed by atoms with E-state index in [0.717, 1.165) is 10.1 Å². The molecule has 0 aliphatic rings. The number of nitrogens with zero attached hydrogens (tertiary/aromatic N) is 3. The van der Waals surface area contributed by atoms with Crippen molar-refractivity contribution in [2.45, 2.75) is 26.4 Å². The summed E-state index contributed by atoms with van der Waals surface area (Å²) in [5.74, 6) is -1.45. The minimum absolute atomic E-state index is 0.00655.